The van der Waals surface area contributed by atoms with Gasteiger partial charge in [0, 0.05) is 5.69 Å². The van der Waals surface area contributed by atoms with Crippen molar-refractivity contribution >= 4 is 33.9 Å². The Morgan fingerprint density at radius 3 is 2.71 bits per heavy atom. The van der Waals surface area contributed by atoms with Crippen molar-refractivity contribution in [2.45, 2.75) is 0 Å². The summed E-state index contributed by atoms with van der Waals surface area (Å²) in [7, 11) is 0. The molecule has 0 unspecified atom stereocenters. The lowest BCUT2D eigenvalue weighted by Gasteiger charge is -2.07. The fourth-order valence-corrected chi connectivity index (χ4v) is 2.76. The van der Waals surface area contributed by atoms with Crippen LogP contribution in [0.2, 0.25) is 0 Å². The molecule has 0 spiro atoms. The molecule has 0 radical (unpaired) electrons. The van der Waals surface area contributed by atoms with Crippen molar-refractivity contribution in [2.75, 3.05) is 5.32 Å². The first kappa shape index (κ1) is 12.0. The Labute approximate surface area is 124 Å². The minimum atomic E-state index is 0.706. The van der Waals surface area contributed by atoms with E-state index in [0.29, 0.717) is 5.82 Å². The third kappa shape index (κ3) is 2.25. The number of thiophene rings is 1. The molecule has 2 N–H and O–H groups in total. The molecule has 0 atom stereocenters. The third-order valence-corrected chi connectivity index (χ3v) is 3.94. The van der Waals surface area contributed by atoms with Gasteiger partial charge in [0.1, 0.15) is 11.0 Å². The minimum Gasteiger partial charge on any atom is -0.338 e. The number of H-pyrrole nitrogens is 1. The van der Waals surface area contributed by atoms with E-state index in [1.165, 1.54) is 0 Å². The number of nitrogens with one attached hydrogen (secondary N) is 2. The van der Waals surface area contributed by atoms with Gasteiger partial charge in [-0.05, 0) is 23.6 Å². The molecule has 1 aromatic carbocycles. The van der Waals surface area contributed by atoms with Crippen LogP contribution in [0.4, 0.5) is 11.5 Å². The Morgan fingerprint density at radius 2 is 1.90 bits per heavy atom. The molecule has 6 heteroatoms. The molecule has 3 aromatic heterocycles. The van der Waals surface area contributed by atoms with Crippen LogP contribution in [0.5, 0.6) is 0 Å². The number of fused-ring (bicyclic) bond motifs is 1. The Kier molecular flexibility index (Phi) is 2.86. The van der Waals surface area contributed by atoms with E-state index in [-0.39, 0.29) is 0 Å². The van der Waals surface area contributed by atoms with E-state index < -0.39 is 0 Å². The van der Waals surface area contributed by atoms with Crippen molar-refractivity contribution in [3.63, 3.8) is 0 Å². The molecule has 0 aliphatic carbocycles. The van der Waals surface area contributed by atoms with Crippen LogP contribution in [0.15, 0.2) is 54.0 Å². The fraction of sp³-hybridized carbons (Fsp3) is 0. The minimum absolute atomic E-state index is 0.706. The molecule has 0 amide bonds. The highest BCUT2D eigenvalue weighted by Gasteiger charge is 2.11. The van der Waals surface area contributed by atoms with Gasteiger partial charge in [0.2, 0.25) is 0 Å². The zero-order valence-electron chi connectivity index (χ0n) is 10.9. The van der Waals surface area contributed by atoms with Crippen LogP contribution < -0.4 is 5.32 Å². The fourth-order valence-electron chi connectivity index (χ4n) is 2.10. The van der Waals surface area contributed by atoms with Gasteiger partial charge in [0.15, 0.2) is 11.6 Å². The van der Waals surface area contributed by atoms with Crippen molar-refractivity contribution in [2.24, 2.45) is 0 Å². The molecule has 102 valence electrons. The maximum atomic E-state index is 4.63. The predicted molar refractivity (Wildman–Crippen MR) is 84.7 cm³/mol. The first-order valence-corrected chi connectivity index (χ1v) is 7.35. The van der Waals surface area contributed by atoms with E-state index in [1.54, 1.807) is 17.5 Å². The highest BCUT2D eigenvalue weighted by atomic mass is 32.1. The van der Waals surface area contributed by atoms with E-state index in [0.717, 1.165) is 27.4 Å². The zero-order chi connectivity index (χ0) is 14.1. The number of rotatable bonds is 3. The number of aromatic nitrogens is 4. The molecule has 0 saturated heterocycles. The first-order valence-electron chi connectivity index (χ1n) is 6.47. The van der Waals surface area contributed by atoms with Gasteiger partial charge in [0.25, 0.3) is 0 Å². The second-order valence-corrected chi connectivity index (χ2v) is 5.44. The molecular weight excluding hydrogens is 282 g/mol. The maximum Gasteiger partial charge on any atom is 0.172 e. The molecule has 3 heterocycles. The molecule has 0 aliphatic rings. The summed E-state index contributed by atoms with van der Waals surface area (Å²) in [5, 5.41) is 12.3. The van der Waals surface area contributed by atoms with Crippen LogP contribution in [0.3, 0.4) is 0 Å². The third-order valence-electron chi connectivity index (χ3n) is 3.08. The standard InChI is InChI=1S/C15H11N5S/c1-2-5-10(6-3-1)17-15-13-11(9-16-20-13)18-14(19-15)12-7-4-8-21-12/h1-9H,(H,16,20)(H,17,18,19). The summed E-state index contributed by atoms with van der Waals surface area (Å²) in [5.41, 5.74) is 2.58. The number of hydrogen-bond acceptors (Lipinski definition) is 5. The van der Waals surface area contributed by atoms with Crippen LogP contribution in [0.25, 0.3) is 21.7 Å². The average Bonchev–Trinajstić information content (AvgIpc) is 3.19. The maximum absolute atomic E-state index is 4.63. The lowest BCUT2D eigenvalue weighted by molar-refractivity contribution is 1.11. The summed E-state index contributed by atoms with van der Waals surface area (Å²) in [4.78, 5) is 10.2. The molecule has 0 bridgehead atoms. The van der Waals surface area contributed by atoms with Crippen LogP contribution in [0, 0.1) is 0 Å². The first-order chi connectivity index (χ1) is 10.4. The molecular formula is C15H11N5S. The topological polar surface area (TPSA) is 66.5 Å². The van der Waals surface area contributed by atoms with E-state index in [4.69, 9.17) is 0 Å². The summed E-state index contributed by atoms with van der Waals surface area (Å²) in [6.45, 7) is 0. The van der Waals surface area contributed by atoms with Gasteiger partial charge in [-0.15, -0.1) is 11.3 Å². The highest BCUT2D eigenvalue weighted by Crippen LogP contribution is 2.27. The van der Waals surface area contributed by atoms with Crippen LogP contribution in [-0.4, -0.2) is 20.2 Å². The van der Waals surface area contributed by atoms with E-state index in [1.807, 2.05) is 47.8 Å². The molecule has 21 heavy (non-hydrogen) atoms. The Bertz CT molecular complexity index is 868. The molecule has 0 fully saturated rings. The summed E-state index contributed by atoms with van der Waals surface area (Å²) >= 11 is 1.62. The normalized spacial score (nSPS) is 10.9. The Hall–Kier alpha value is -2.73. The van der Waals surface area contributed by atoms with Gasteiger partial charge in [-0.25, -0.2) is 9.97 Å². The lowest BCUT2D eigenvalue weighted by Crippen LogP contribution is -1.98. The van der Waals surface area contributed by atoms with Crippen LogP contribution in [0.1, 0.15) is 0 Å². The molecule has 4 aromatic rings. The van der Waals surface area contributed by atoms with Crippen molar-refractivity contribution < 1.29 is 0 Å². The summed E-state index contributed by atoms with van der Waals surface area (Å²) in [5.74, 6) is 1.43. The molecule has 5 nitrogen and oxygen atoms in total. The van der Waals surface area contributed by atoms with Crippen LogP contribution in [-0.2, 0) is 0 Å². The van der Waals surface area contributed by atoms with E-state index >= 15 is 0 Å². The largest absolute Gasteiger partial charge is 0.338 e. The van der Waals surface area contributed by atoms with Gasteiger partial charge in [0.05, 0.1) is 11.1 Å². The molecule has 4 rings (SSSR count). The quantitative estimate of drug-likeness (QED) is 0.602. The van der Waals surface area contributed by atoms with Gasteiger partial charge in [-0.2, -0.15) is 5.10 Å². The second-order valence-electron chi connectivity index (χ2n) is 4.49. The lowest BCUT2D eigenvalue weighted by atomic mass is 10.3. The van der Waals surface area contributed by atoms with Crippen molar-refractivity contribution in [1.29, 1.82) is 0 Å². The predicted octanol–water partition coefficient (Wildman–Crippen LogP) is 3.83. The SMILES string of the molecule is c1ccc(Nc2nc(-c3cccs3)nc3cn[nH]c23)cc1. The van der Waals surface area contributed by atoms with Gasteiger partial charge in [-0.3, -0.25) is 5.10 Å². The average molecular weight is 293 g/mol. The number of hydrogen-bond donors (Lipinski definition) is 2. The van der Waals surface area contributed by atoms with Crippen molar-refractivity contribution in [3.8, 4) is 10.7 Å². The number of benzene rings is 1. The van der Waals surface area contributed by atoms with E-state index in [2.05, 4.69) is 25.5 Å². The summed E-state index contributed by atoms with van der Waals surface area (Å²) in [6, 6.07) is 13.9. The Balaban J connectivity index is 1.85. The van der Waals surface area contributed by atoms with Crippen molar-refractivity contribution in [1.82, 2.24) is 20.2 Å². The number of para-hydroxylation sites is 1. The van der Waals surface area contributed by atoms with Crippen LogP contribution >= 0.6 is 11.3 Å². The monoisotopic (exact) mass is 293 g/mol. The smallest absolute Gasteiger partial charge is 0.172 e. The zero-order valence-corrected chi connectivity index (χ0v) is 11.8. The highest BCUT2D eigenvalue weighted by molar-refractivity contribution is 7.13. The van der Waals surface area contributed by atoms with E-state index in [9.17, 15) is 0 Å². The van der Waals surface area contributed by atoms with Gasteiger partial charge < -0.3 is 5.32 Å². The van der Waals surface area contributed by atoms with Gasteiger partial charge >= 0.3 is 0 Å². The summed E-state index contributed by atoms with van der Waals surface area (Å²) in [6.07, 6.45) is 1.71. The number of nitrogens with zero attached hydrogens (tertiary/aromatic N) is 3. The second kappa shape index (κ2) is 4.99. The number of anilines is 2. The molecule has 0 aliphatic heterocycles. The Morgan fingerprint density at radius 1 is 1.00 bits per heavy atom. The van der Waals surface area contributed by atoms with Gasteiger partial charge in [-0.1, -0.05) is 24.3 Å². The molecule has 0 saturated carbocycles. The summed E-state index contributed by atoms with van der Waals surface area (Å²) < 4.78 is 0. The number of aromatic amines is 1. The van der Waals surface area contributed by atoms with Crippen molar-refractivity contribution in [3.05, 3.63) is 54.0 Å².